The van der Waals surface area contributed by atoms with Crippen molar-refractivity contribution < 1.29 is 19.1 Å². The molecule has 0 atom stereocenters. The summed E-state index contributed by atoms with van der Waals surface area (Å²) in [6.07, 6.45) is 0. The van der Waals surface area contributed by atoms with Crippen LogP contribution in [0.5, 0.6) is 11.5 Å². The summed E-state index contributed by atoms with van der Waals surface area (Å²) in [7, 11) is -0.452. The number of carbonyl (C=O) groups is 1. The number of methoxy groups -OCH3 is 1. The zero-order chi connectivity index (χ0) is 14.8. The summed E-state index contributed by atoms with van der Waals surface area (Å²) in [5, 5.41) is 9.04. The summed E-state index contributed by atoms with van der Waals surface area (Å²) in [5.74, 6) is 0.0981. The van der Waals surface area contributed by atoms with E-state index < -0.39 is 14.3 Å². The Morgan fingerprint density at radius 1 is 1.21 bits per heavy atom. The highest BCUT2D eigenvalue weighted by Gasteiger charge is 2.39. The van der Waals surface area contributed by atoms with Crippen molar-refractivity contribution in [2.24, 2.45) is 0 Å². The van der Waals surface area contributed by atoms with Crippen molar-refractivity contribution in [1.29, 1.82) is 0 Å². The lowest BCUT2D eigenvalue weighted by Crippen LogP contribution is -2.43. The highest BCUT2D eigenvalue weighted by Crippen LogP contribution is 2.40. The highest BCUT2D eigenvalue weighted by molar-refractivity contribution is 6.74. The summed E-state index contributed by atoms with van der Waals surface area (Å²) in [6, 6.07) is 4.70. The van der Waals surface area contributed by atoms with Crippen LogP contribution in [0.25, 0.3) is 0 Å². The first kappa shape index (κ1) is 15.6. The van der Waals surface area contributed by atoms with Gasteiger partial charge in [-0.25, -0.2) is 4.79 Å². The van der Waals surface area contributed by atoms with Crippen molar-refractivity contribution in [2.75, 3.05) is 7.11 Å². The van der Waals surface area contributed by atoms with Gasteiger partial charge in [0.2, 0.25) is 0 Å². The second-order valence-corrected chi connectivity index (χ2v) is 10.8. The molecule has 0 aromatic heterocycles. The summed E-state index contributed by atoms with van der Waals surface area (Å²) in [5.41, 5.74) is 0.194. The molecule has 19 heavy (non-hydrogen) atoms. The van der Waals surface area contributed by atoms with Crippen LogP contribution in [-0.4, -0.2) is 26.5 Å². The Bertz CT molecular complexity index is 475. The van der Waals surface area contributed by atoms with Gasteiger partial charge in [-0.2, -0.15) is 0 Å². The molecule has 1 rings (SSSR count). The molecule has 0 heterocycles. The molecule has 4 nitrogen and oxygen atoms in total. The number of hydrogen-bond acceptors (Lipinski definition) is 3. The Balaban J connectivity index is 3.12. The zero-order valence-electron chi connectivity index (χ0n) is 12.4. The van der Waals surface area contributed by atoms with Gasteiger partial charge in [0.25, 0.3) is 8.32 Å². The fraction of sp³-hybridized carbons (Fsp3) is 0.500. The van der Waals surface area contributed by atoms with E-state index in [1.54, 1.807) is 6.07 Å². The van der Waals surface area contributed by atoms with Gasteiger partial charge in [0.1, 0.15) is 5.75 Å². The Labute approximate surface area is 115 Å². The molecule has 0 aliphatic carbocycles. The average molecular weight is 282 g/mol. The van der Waals surface area contributed by atoms with E-state index in [0.717, 1.165) is 0 Å². The molecule has 1 aromatic carbocycles. The van der Waals surface area contributed by atoms with Crippen LogP contribution in [0, 0.1) is 0 Å². The topological polar surface area (TPSA) is 55.8 Å². The Hall–Kier alpha value is -1.49. The first-order valence-corrected chi connectivity index (χ1v) is 9.09. The minimum Gasteiger partial charge on any atom is -0.541 e. The molecule has 0 spiro atoms. The maximum absolute atomic E-state index is 10.9. The van der Waals surface area contributed by atoms with Crippen LogP contribution < -0.4 is 9.16 Å². The lowest BCUT2D eigenvalue weighted by atomic mass is 10.2. The lowest BCUT2D eigenvalue weighted by molar-refractivity contribution is 0.0696. The number of hydrogen-bond donors (Lipinski definition) is 1. The van der Waals surface area contributed by atoms with Crippen molar-refractivity contribution in [3.05, 3.63) is 23.8 Å². The summed E-state index contributed by atoms with van der Waals surface area (Å²) >= 11 is 0. The number of carboxylic acid groups (broad SMARTS) is 1. The van der Waals surface area contributed by atoms with Crippen molar-refractivity contribution in [2.45, 2.75) is 38.9 Å². The monoisotopic (exact) mass is 282 g/mol. The first-order valence-electron chi connectivity index (χ1n) is 6.19. The van der Waals surface area contributed by atoms with E-state index in [4.69, 9.17) is 14.3 Å². The minimum atomic E-state index is -1.97. The predicted molar refractivity (Wildman–Crippen MR) is 77.8 cm³/mol. The van der Waals surface area contributed by atoms with Gasteiger partial charge in [0.15, 0.2) is 5.75 Å². The van der Waals surface area contributed by atoms with E-state index in [1.807, 2.05) is 0 Å². The van der Waals surface area contributed by atoms with Crippen molar-refractivity contribution >= 4 is 14.3 Å². The quantitative estimate of drug-likeness (QED) is 0.854. The fourth-order valence-corrected chi connectivity index (χ4v) is 2.34. The molecule has 5 heteroatoms. The summed E-state index contributed by atoms with van der Waals surface area (Å²) < 4.78 is 11.4. The largest absolute Gasteiger partial charge is 0.541 e. The normalized spacial score (nSPS) is 12.1. The smallest absolute Gasteiger partial charge is 0.335 e. The van der Waals surface area contributed by atoms with Crippen LogP contribution >= 0.6 is 0 Å². The third-order valence-corrected chi connectivity index (χ3v) is 7.92. The molecular weight excluding hydrogens is 260 g/mol. The molecule has 0 aliphatic heterocycles. The molecule has 1 N–H and O–H groups in total. The van der Waals surface area contributed by atoms with Crippen LogP contribution in [0.4, 0.5) is 0 Å². The minimum absolute atomic E-state index is 0.0729. The van der Waals surface area contributed by atoms with Gasteiger partial charge in [0, 0.05) is 0 Å². The molecule has 0 fully saturated rings. The van der Waals surface area contributed by atoms with Crippen LogP contribution in [0.15, 0.2) is 18.2 Å². The second-order valence-electron chi connectivity index (χ2n) is 6.03. The molecule has 0 aliphatic rings. The van der Waals surface area contributed by atoms with Crippen molar-refractivity contribution in [1.82, 2.24) is 0 Å². The van der Waals surface area contributed by atoms with E-state index in [1.165, 1.54) is 19.2 Å². The van der Waals surface area contributed by atoms with E-state index in [0.29, 0.717) is 11.5 Å². The number of ether oxygens (including phenoxy) is 1. The van der Waals surface area contributed by atoms with Gasteiger partial charge in [-0.05, 0) is 36.3 Å². The predicted octanol–water partition coefficient (Wildman–Crippen LogP) is 3.78. The maximum atomic E-state index is 10.9. The maximum Gasteiger partial charge on any atom is 0.335 e. The SMILES string of the molecule is COc1cc(C(=O)O)ccc1O[Si](C)(C)C(C)(C)C. The number of carboxylic acids is 1. The Morgan fingerprint density at radius 3 is 2.21 bits per heavy atom. The molecule has 0 bridgehead atoms. The number of rotatable bonds is 4. The first-order chi connectivity index (χ1) is 8.58. The van der Waals surface area contributed by atoms with Crippen molar-refractivity contribution in [3.63, 3.8) is 0 Å². The molecule has 0 saturated heterocycles. The molecule has 0 saturated carbocycles. The van der Waals surface area contributed by atoms with Crippen LogP contribution in [-0.2, 0) is 0 Å². The summed E-state index contributed by atoms with van der Waals surface area (Å²) in [6.45, 7) is 10.7. The molecular formula is C14H22O4Si. The molecule has 0 unspecified atom stereocenters. The zero-order valence-corrected chi connectivity index (χ0v) is 13.4. The molecule has 0 amide bonds. The highest BCUT2D eigenvalue weighted by atomic mass is 28.4. The van der Waals surface area contributed by atoms with Crippen LogP contribution in [0.2, 0.25) is 18.1 Å². The Morgan fingerprint density at radius 2 is 1.79 bits per heavy atom. The fourth-order valence-electron chi connectivity index (χ4n) is 1.31. The lowest BCUT2D eigenvalue weighted by Gasteiger charge is -2.36. The van der Waals surface area contributed by atoms with Gasteiger partial charge >= 0.3 is 5.97 Å². The van der Waals surface area contributed by atoms with Gasteiger partial charge in [-0.1, -0.05) is 20.8 Å². The second kappa shape index (κ2) is 5.25. The average Bonchev–Trinajstić information content (AvgIpc) is 2.27. The molecule has 1 aromatic rings. The van der Waals surface area contributed by atoms with Gasteiger partial charge in [-0.3, -0.25) is 0 Å². The van der Waals surface area contributed by atoms with Gasteiger partial charge in [0.05, 0.1) is 12.7 Å². The third-order valence-electron chi connectivity index (χ3n) is 3.58. The number of aromatic carboxylic acids is 1. The van der Waals surface area contributed by atoms with E-state index in [-0.39, 0.29) is 10.6 Å². The van der Waals surface area contributed by atoms with E-state index in [2.05, 4.69) is 33.9 Å². The third kappa shape index (κ3) is 3.50. The standard InChI is InChI=1S/C14H22O4Si/c1-14(2,3)19(5,6)18-11-8-7-10(13(15)16)9-12(11)17-4/h7-9H,1-6H3,(H,15,16). The van der Waals surface area contributed by atoms with Crippen LogP contribution in [0.3, 0.4) is 0 Å². The molecule has 0 radical (unpaired) electrons. The molecule has 106 valence electrons. The summed E-state index contributed by atoms with van der Waals surface area (Å²) in [4.78, 5) is 10.9. The number of benzene rings is 1. The Kier molecular flexibility index (Phi) is 4.30. The van der Waals surface area contributed by atoms with Gasteiger partial charge < -0.3 is 14.3 Å². The van der Waals surface area contributed by atoms with E-state index in [9.17, 15) is 4.79 Å². The van der Waals surface area contributed by atoms with Crippen molar-refractivity contribution in [3.8, 4) is 11.5 Å². The van der Waals surface area contributed by atoms with E-state index >= 15 is 0 Å². The van der Waals surface area contributed by atoms with Gasteiger partial charge in [-0.15, -0.1) is 0 Å². The van der Waals surface area contributed by atoms with Crippen LogP contribution in [0.1, 0.15) is 31.1 Å².